The molecule has 0 N–H and O–H groups in total. The standard InChI is InChI=1S/C21H25NO4/c1-16-3-5-19(6-4-16)26-20-9-7-18(8-10-20)25-15-21(23)22-13-11-17(24-2)12-14-22/h3-10,17H,11-15H2,1-2H3. The number of ether oxygens (including phenoxy) is 3. The number of hydrogen-bond donors (Lipinski definition) is 0. The molecule has 0 spiro atoms. The van der Waals surface area contributed by atoms with E-state index < -0.39 is 0 Å². The lowest BCUT2D eigenvalue weighted by Gasteiger charge is -2.31. The van der Waals surface area contributed by atoms with Crippen molar-refractivity contribution in [1.82, 2.24) is 4.90 Å². The number of likely N-dealkylation sites (tertiary alicyclic amines) is 1. The number of carbonyl (C=O) groups is 1. The summed E-state index contributed by atoms with van der Waals surface area (Å²) in [4.78, 5) is 14.1. The van der Waals surface area contributed by atoms with E-state index in [1.807, 2.05) is 60.4 Å². The minimum Gasteiger partial charge on any atom is -0.484 e. The summed E-state index contributed by atoms with van der Waals surface area (Å²) in [7, 11) is 1.72. The van der Waals surface area contributed by atoms with Crippen molar-refractivity contribution in [3.05, 3.63) is 54.1 Å². The minimum absolute atomic E-state index is 0.0135. The van der Waals surface area contributed by atoms with Gasteiger partial charge in [0.2, 0.25) is 0 Å². The minimum atomic E-state index is 0.0135. The molecule has 0 aliphatic carbocycles. The van der Waals surface area contributed by atoms with Crippen LogP contribution in [0, 0.1) is 6.92 Å². The average molecular weight is 355 g/mol. The van der Waals surface area contributed by atoms with Gasteiger partial charge in [-0.2, -0.15) is 0 Å². The van der Waals surface area contributed by atoms with Crippen LogP contribution in [0.15, 0.2) is 48.5 Å². The second-order valence-electron chi connectivity index (χ2n) is 6.49. The van der Waals surface area contributed by atoms with Gasteiger partial charge in [0.15, 0.2) is 6.61 Å². The lowest BCUT2D eigenvalue weighted by molar-refractivity contribution is -0.135. The third-order valence-electron chi connectivity index (χ3n) is 4.57. The van der Waals surface area contributed by atoms with Gasteiger partial charge < -0.3 is 19.1 Å². The maximum atomic E-state index is 12.2. The maximum Gasteiger partial charge on any atom is 0.260 e. The van der Waals surface area contributed by atoms with E-state index in [4.69, 9.17) is 14.2 Å². The van der Waals surface area contributed by atoms with Gasteiger partial charge in [0.1, 0.15) is 17.2 Å². The molecule has 2 aromatic carbocycles. The average Bonchev–Trinajstić information content (AvgIpc) is 2.69. The number of nitrogens with zero attached hydrogens (tertiary/aromatic N) is 1. The van der Waals surface area contributed by atoms with E-state index in [0.717, 1.165) is 37.4 Å². The molecule has 1 heterocycles. The van der Waals surface area contributed by atoms with E-state index in [-0.39, 0.29) is 18.6 Å². The van der Waals surface area contributed by atoms with Crippen LogP contribution in [0.25, 0.3) is 0 Å². The van der Waals surface area contributed by atoms with Crippen molar-refractivity contribution in [2.75, 3.05) is 26.8 Å². The number of piperidine rings is 1. The SMILES string of the molecule is COC1CCN(C(=O)COc2ccc(Oc3ccc(C)cc3)cc2)CC1. The predicted octanol–water partition coefficient (Wildman–Crippen LogP) is 3.80. The van der Waals surface area contributed by atoms with Gasteiger partial charge in [0, 0.05) is 20.2 Å². The van der Waals surface area contributed by atoms with Crippen LogP contribution in [0.2, 0.25) is 0 Å². The van der Waals surface area contributed by atoms with Crippen LogP contribution in [-0.4, -0.2) is 43.7 Å². The smallest absolute Gasteiger partial charge is 0.260 e. The Labute approximate surface area is 154 Å². The summed E-state index contributed by atoms with van der Waals surface area (Å²) < 4.78 is 16.7. The van der Waals surface area contributed by atoms with Crippen LogP contribution in [0.5, 0.6) is 17.2 Å². The molecule has 0 saturated carbocycles. The zero-order valence-corrected chi connectivity index (χ0v) is 15.3. The van der Waals surface area contributed by atoms with Gasteiger partial charge in [0.25, 0.3) is 5.91 Å². The van der Waals surface area contributed by atoms with Crippen molar-refractivity contribution in [2.24, 2.45) is 0 Å². The fourth-order valence-electron chi connectivity index (χ4n) is 2.92. The molecule has 26 heavy (non-hydrogen) atoms. The summed E-state index contributed by atoms with van der Waals surface area (Å²) in [5, 5.41) is 0. The number of carbonyl (C=O) groups excluding carboxylic acids is 1. The number of benzene rings is 2. The second-order valence-corrected chi connectivity index (χ2v) is 6.49. The molecule has 0 bridgehead atoms. The Kier molecular flexibility index (Phi) is 6.12. The van der Waals surface area contributed by atoms with E-state index in [9.17, 15) is 4.79 Å². The Morgan fingerprint density at radius 3 is 2.08 bits per heavy atom. The third-order valence-corrected chi connectivity index (χ3v) is 4.57. The van der Waals surface area contributed by atoms with Gasteiger partial charge in [-0.3, -0.25) is 4.79 Å². The highest BCUT2D eigenvalue weighted by molar-refractivity contribution is 5.77. The summed E-state index contributed by atoms with van der Waals surface area (Å²) >= 11 is 0. The summed E-state index contributed by atoms with van der Waals surface area (Å²) in [6.07, 6.45) is 2.03. The quantitative estimate of drug-likeness (QED) is 0.791. The molecule has 1 aliphatic rings. The Bertz CT molecular complexity index is 704. The number of amides is 1. The molecule has 138 valence electrons. The highest BCUT2D eigenvalue weighted by atomic mass is 16.5. The molecule has 5 heteroatoms. The predicted molar refractivity (Wildman–Crippen MR) is 99.8 cm³/mol. The summed E-state index contributed by atoms with van der Waals surface area (Å²) in [6.45, 7) is 3.54. The first-order valence-corrected chi connectivity index (χ1v) is 8.92. The summed E-state index contributed by atoms with van der Waals surface area (Å²) in [6, 6.07) is 15.2. The normalized spacial score (nSPS) is 14.9. The summed E-state index contributed by atoms with van der Waals surface area (Å²) in [5.41, 5.74) is 1.19. The summed E-state index contributed by atoms with van der Waals surface area (Å²) in [5.74, 6) is 2.19. The lowest BCUT2D eigenvalue weighted by Crippen LogP contribution is -2.42. The Hall–Kier alpha value is -2.53. The highest BCUT2D eigenvalue weighted by Crippen LogP contribution is 2.24. The van der Waals surface area contributed by atoms with Gasteiger partial charge in [-0.15, -0.1) is 0 Å². The molecule has 0 aromatic heterocycles. The molecule has 3 rings (SSSR count). The molecule has 1 aliphatic heterocycles. The van der Waals surface area contributed by atoms with Gasteiger partial charge in [-0.1, -0.05) is 17.7 Å². The van der Waals surface area contributed by atoms with Crippen LogP contribution in [0.4, 0.5) is 0 Å². The fraction of sp³-hybridized carbons (Fsp3) is 0.381. The Morgan fingerprint density at radius 2 is 1.50 bits per heavy atom. The van der Waals surface area contributed by atoms with Gasteiger partial charge in [0.05, 0.1) is 6.10 Å². The van der Waals surface area contributed by atoms with Crippen LogP contribution >= 0.6 is 0 Å². The van der Waals surface area contributed by atoms with Crippen molar-refractivity contribution in [3.8, 4) is 17.2 Å². The van der Waals surface area contributed by atoms with E-state index in [1.165, 1.54) is 5.56 Å². The number of methoxy groups -OCH3 is 1. The number of hydrogen-bond acceptors (Lipinski definition) is 4. The third kappa shape index (κ3) is 4.99. The molecule has 1 fully saturated rings. The molecule has 0 atom stereocenters. The molecule has 0 unspecified atom stereocenters. The molecule has 0 radical (unpaired) electrons. The van der Waals surface area contributed by atoms with E-state index in [0.29, 0.717) is 5.75 Å². The van der Waals surface area contributed by atoms with E-state index in [1.54, 1.807) is 7.11 Å². The molecular weight excluding hydrogens is 330 g/mol. The molecule has 5 nitrogen and oxygen atoms in total. The lowest BCUT2D eigenvalue weighted by atomic mass is 10.1. The fourth-order valence-corrected chi connectivity index (χ4v) is 2.92. The van der Waals surface area contributed by atoms with Crippen molar-refractivity contribution >= 4 is 5.91 Å². The molecule has 1 amide bonds. The first-order chi connectivity index (χ1) is 12.6. The van der Waals surface area contributed by atoms with E-state index >= 15 is 0 Å². The first-order valence-electron chi connectivity index (χ1n) is 8.92. The van der Waals surface area contributed by atoms with Crippen molar-refractivity contribution in [2.45, 2.75) is 25.9 Å². The largest absolute Gasteiger partial charge is 0.484 e. The Balaban J connectivity index is 1.47. The van der Waals surface area contributed by atoms with Crippen LogP contribution in [0.3, 0.4) is 0 Å². The number of aryl methyl sites for hydroxylation is 1. The second kappa shape index (κ2) is 8.72. The number of rotatable bonds is 6. The molecule has 2 aromatic rings. The van der Waals surface area contributed by atoms with Crippen LogP contribution in [-0.2, 0) is 9.53 Å². The van der Waals surface area contributed by atoms with Crippen LogP contribution in [0.1, 0.15) is 18.4 Å². The topological polar surface area (TPSA) is 48.0 Å². The van der Waals surface area contributed by atoms with Crippen molar-refractivity contribution in [3.63, 3.8) is 0 Å². The molecule has 1 saturated heterocycles. The van der Waals surface area contributed by atoms with Gasteiger partial charge in [-0.05, 0) is 56.2 Å². The van der Waals surface area contributed by atoms with Crippen molar-refractivity contribution in [1.29, 1.82) is 0 Å². The maximum absolute atomic E-state index is 12.2. The van der Waals surface area contributed by atoms with Crippen LogP contribution < -0.4 is 9.47 Å². The Morgan fingerprint density at radius 1 is 0.962 bits per heavy atom. The van der Waals surface area contributed by atoms with Gasteiger partial charge >= 0.3 is 0 Å². The van der Waals surface area contributed by atoms with E-state index in [2.05, 4.69) is 0 Å². The zero-order chi connectivity index (χ0) is 18.4. The zero-order valence-electron chi connectivity index (χ0n) is 15.3. The molecular formula is C21H25NO4. The highest BCUT2D eigenvalue weighted by Gasteiger charge is 2.22. The van der Waals surface area contributed by atoms with Crippen molar-refractivity contribution < 1.29 is 19.0 Å². The first kappa shape index (κ1) is 18.3. The van der Waals surface area contributed by atoms with Gasteiger partial charge in [-0.25, -0.2) is 0 Å². The monoisotopic (exact) mass is 355 g/mol.